The summed E-state index contributed by atoms with van der Waals surface area (Å²) < 4.78 is 11.2. The van der Waals surface area contributed by atoms with Crippen LogP contribution in [0.25, 0.3) is 0 Å². The molecule has 0 aliphatic rings. The SMILES string of the molecule is COC(CC(C)[N+](C)(C)C)OC.[I-]. The Bertz CT molecular complexity index is 121. The average molecular weight is 303 g/mol. The fourth-order valence-corrected chi connectivity index (χ4v) is 0.883. The molecular weight excluding hydrogens is 281 g/mol. The Morgan fingerprint density at radius 1 is 1.08 bits per heavy atom. The second-order valence-corrected chi connectivity index (χ2v) is 4.10. The van der Waals surface area contributed by atoms with Gasteiger partial charge in [-0.2, -0.15) is 0 Å². The molecule has 0 radical (unpaired) electrons. The standard InChI is InChI=1S/C9H22NO2.HI/c1-8(10(2,3)4)7-9(11-5)12-6;/h8-9H,7H2,1-6H3;1H/q+1;/p-1. The van der Waals surface area contributed by atoms with Gasteiger partial charge in [0, 0.05) is 14.2 Å². The largest absolute Gasteiger partial charge is 1.00 e. The van der Waals surface area contributed by atoms with Crippen molar-refractivity contribution in [3.05, 3.63) is 0 Å². The Labute approximate surface area is 99.0 Å². The maximum absolute atomic E-state index is 5.13. The predicted octanol–water partition coefficient (Wildman–Crippen LogP) is -1.91. The van der Waals surface area contributed by atoms with E-state index in [1.807, 2.05) is 0 Å². The maximum Gasteiger partial charge on any atom is 0.162 e. The summed E-state index contributed by atoms with van der Waals surface area (Å²) in [6.45, 7) is 2.20. The van der Waals surface area contributed by atoms with Crippen molar-refractivity contribution >= 4 is 0 Å². The van der Waals surface area contributed by atoms with Crippen molar-refractivity contribution in [3.63, 3.8) is 0 Å². The molecule has 0 fully saturated rings. The lowest BCUT2D eigenvalue weighted by Crippen LogP contribution is -3.00. The van der Waals surface area contributed by atoms with Crippen LogP contribution in [0, 0.1) is 0 Å². The third-order valence-corrected chi connectivity index (χ3v) is 2.38. The molecule has 3 nitrogen and oxygen atoms in total. The van der Waals surface area contributed by atoms with Gasteiger partial charge in [-0.1, -0.05) is 0 Å². The van der Waals surface area contributed by atoms with E-state index in [1.54, 1.807) is 14.2 Å². The van der Waals surface area contributed by atoms with Crippen LogP contribution in [-0.4, -0.2) is 52.2 Å². The molecule has 4 heteroatoms. The van der Waals surface area contributed by atoms with Crippen LogP contribution < -0.4 is 24.0 Å². The Kier molecular flexibility index (Phi) is 8.61. The van der Waals surface area contributed by atoms with Crippen molar-refractivity contribution in [2.75, 3.05) is 35.4 Å². The number of nitrogens with zero attached hydrogens (tertiary/aromatic N) is 1. The van der Waals surface area contributed by atoms with Gasteiger partial charge in [0.2, 0.25) is 0 Å². The molecule has 0 aliphatic heterocycles. The molecule has 0 saturated heterocycles. The van der Waals surface area contributed by atoms with Crippen molar-refractivity contribution in [2.24, 2.45) is 0 Å². The number of hydrogen-bond donors (Lipinski definition) is 0. The van der Waals surface area contributed by atoms with E-state index in [-0.39, 0.29) is 30.3 Å². The highest BCUT2D eigenvalue weighted by Gasteiger charge is 2.22. The van der Waals surface area contributed by atoms with E-state index < -0.39 is 0 Å². The van der Waals surface area contributed by atoms with Gasteiger partial charge in [0.25, 0.3) is 0 Å². The second kappa shape index (κ2) is 6.98. The molecular formula is C9H22INO2. The molecule has 82 valence electrons. The summed E-state index contributed by atoms with van der Waals surface area (Å²) >= 11 is 0. The molecule has 0 aromatic heterocycles. The zero-order valence-corrected chi connectivity index (χ0v) is 11.7. The van der Waals surface area contributed by atoms with Gasteiger partial charge >= 0.3 is 0 Å². The lowest BCUT2D eigenvalue weighted by Gasteiger charge is -2.33. The molecule has 0 N–H and O–H groups in total. The summed E-state index contributed by atoms with van der Waals surface area (Å²) in [4.78, 5) is 0. The molecule has 0 aromatic rings. The van der Waals surface area contributed by atoms with Crippen LogP contribution in [0.1, 0.15) is 13.3 Å². The highest BCUT2D eigenvalue weighted by Crippen LogP contribution is 2.11. The Morgan fingerprint density at radius 3 is 1.69 bits per heavy atom. The molecule has 0 spiro atoms. The Hall–Kier alpha value is 0.610. The minimum Gasteiger partial charge on any atom is -1.00 e. The van der Waals surface area contributed by atoms with Crippen LogP contribution in [0.5, 0.6) is 0 Å². The minimum absolute atomic E-state index is 0. The number of methoxy groups -OCH3 is 2. The quantitative estimate of drug-likeness (QED) is 0.335. The first-order valence-electron chi connectivity index (χ1n) is 4.28. The van der Waals surface area contributed by atoms with E-state index in [2.05, 4.69) is 28.1 Å². The third kappa shape index (κ3) is 6.65. The fraction of sp³-hybridized carbons (Fsp3) is 1.00. The highest BCUT2D eigenvalue weighted by atomic mass is 127. The monoisotopic (exact) mass is 303 g/mol. The van der Waals surface area contributed by atoms with Crippen LogP contribution in [0.2, 0.25) is 0 Å². The summed E-state index contributed by atoms with van der Waals surface area (Å²) in [5.41, 5.74) is 0. The van der Waals surface area contributed by atoms with Gasteiger partial charge in [-0.15, -0.1) is 0 Å². The second-order valence-electron chi connectivity index (χ2n) is 4.10. The molecule has 1 atom stereocenters. The van der Waals surface area contributed by atoms with Gasteiger partial charge in [0.05, 0.1) is 33.6 Å². The van der Waals surface area contributed by atoms with Crippen LogP contribution in [0.15, 0.2) is 0 Å². The summed E-state index contributed by atoms with van der Waals surface area (Å²) in [6, 6.07) is 0.537. The molecule has 13 heavy (non-hydrogen) atoms. The summed E-state index contributed by atoms with van der Waals surface area (Å²) in [6.07, 6.45) is 0.855. The molecule has 0 aromatic carbocycles. The lowest BCUT2D eigenvalue weighted by atomic mass is 10.2. The van der Waals surface area contributed by atoms with Crippen LogP contribution in [-0.2, 0) is 9.47 Å². The summed E-state index contributed by atoms with van der Waals surface area (Å²) in [5.74, 6) is 0. The zero-order valence-electron chi connectivity index (χ0n) is 9.50. The third-order valence-electron chi connectivity index (χ3n) is 2.38. The number of ether oxygens (including phenoxy) is 2. The molecule has 1 unspecified atom stereocenters. The smallest absolute Gasteiger partial charge is 0.162 e. The fourth-order valence-electron chi connectivity index (χ4n) is 0.883. The minimum atomic E-state index is -0.0719. The van der Waals surface area contributed by atoms with Crippen LogP contribution >= 0.6 is 0 Å². The molecule has 0 saturated carbocycles. The van der Waals surface area contributed by atoms with Gasteiger partial charge in [0.1, 0.15) is 0 Å². The molecule has 0 heterocycles. The van der Waals surface area contributed by atoms with Crippen molar-refractivity contribution in [3.8, 4) is 0 Å². The molecule has 0 bridgehead atoms. The topological polar surface area (TPSA) is 18.5 Å². The number of rotatable bonds is 5. The number of quaternary nitrogens is 1. The van der Waals surface area contributed by atoms with Gasteiger partial charge in [-0.25, -0.2) is 0 Å². The Morgan fingerprint density at radius 2 is 1.46 bits per heavy atom. The van der Waals surface area contributed by atoms with E-state index >= 15 is 0 Å². The van der Waals surface area contributed by atoms with E-state index in [0.717, 1.165) is 10.9 Å². The summed E-state index contributed by atoms with van der Waals surface area (Å²) in [5, 5.41) is 0. The van der Waals surface area contributed by atoms with Crippen molar-refractivity contribution in [1.29, 1.82) is 0 Å². The van der Waals surface area contributed by atoms with Crippen LogP contribution in [0.3, 0.4) is 0 Å². The van der Waals surface area contributed by atoms with Gasteiger partial charge in [-0.3, -0.25) is 0 Å². The van der Waals surface area contributed by atoms with Crippen molar-refractivity contribution in [2.45, 2.75) is 25.7 Å². The first-order valence-corrected chi connectivity index (χ1v) is 4.28. The Balaban J connectivity index is 0. The number of halogens is 1. The van der Waals surface area contributed by atoms with Gasteiger partial charge in [-0.05, 0) is 6.92 Å². The first kappa shape index (κ1) is 16.1. The molecule has 0 amide bonds. The highest BCUT2D eigenvalue weighted by molar-refractivity contribution is 4.53. The van der Waals surface area contributed by atoms with Crippen LogP contribution in [0.4, 0.5) is 0 Å². The maximum atomic E-state index is 5.13. The number of hydrogen-bond acceptors (Lipinski definition) is 2. The average Bonchev–Trinajstić information content (AvgIpc) is 1.97. The zero-order chi connectivity index (χ0) is 9.78. The van der Waals surface area contributed by atoms with E-state index in [1.165, 1.54) is 0 Å². The van der Waals surface area contributed by atoms with Crippen molar-refractivity contribution in [1.82, 2.24) is 0 Å². The molecule has 0 rings (SSSR count). The van der Waals surface area contributed by atoms with E-state index in [0.29, 0.717) is 6.04 Å². The first-order chi connectivity index (χ1) is 5.41. The lowest BCUT2D eigenvalue weighted by molar-refractivity contribution is -0.895. The normalized spacial score (nSPS) is 14.1. The van der Waals surface area contributed by atoms with E-state index in [4.69, 9.17) is 9.47 Å². The molecule has 0 aliphatic carbocycles. The van der Waals surface area contributed by atoms with Gasteiger partial charge < -0.3 is 37.9 Å². The van der Waals surface area contributed by atoms with Gasteiger partial charge in [0.15, 0.2) is 6.29 Å². The predicted molar refractivity (Wildman–Crippen MR) is 49.9 cm³/mol. The van der Waals surface area contributed by atoms with E-state index in [9.17, 15) is 0 Å². The van der Waals surface area contributed by atoms with Crippen molar-refractivity contribution < 1.29 is 37.9 Å². The summed E-state index contributed by atoms with van der Waals surface area (Å²) in [7, 11) is 9.88.